The second kappa shape index (κ2) is 10.2. The van der Waals surface area contributed by atoms with E-state index >= 15 is 0 Å². The standard InChI is InChI=1S/C23H34O3/c1-17(2)9-7-10-18(3)11-8-13-23(5,25)14-12-20-16-22(26-6)19(4)15-21(20)24/h9,11-12,14-16,24-25H,7-8,10,13H2,1-6H3/b14-12-,18-11+. The van der Waals surface area contributed by atoms with Crippen LogP contribution in [-0.2, 0) is 0 Å². The second-order valence-corrected chi connectivity index (χ2v) is 7.48. The topological polar surface area (TPSA) is 49.7 Å². The monoisotopic (exact) mass is 358 g/mol. The van der Waals surface area contributed by atoms with E-state index in [1.807, 2.05) is 6.92 Å². The van der Waals surface area contributed by atoms with Crippen molar-refractivity contribution in [2.24, 2.45) is 0 Å². The van der Waals surface area contributed by atoms with Crippen molar-refractivity contribution in [2.75, 3.05) is 7.11 Å². The Kier molecular flexibility index (Phi) is 8.67. The minimum atomic E-state index is -0.929. The maximum absolute atomic E-state index is 10.6. The van der Waals surface area contributed by atoms with Crippen LogP contribution in [0, 0.1) is 6.92 Å². The summed E-state index contributed by atoms with van der Waals surface area (Å²) in [5, 5.41) is 20.6. The van der Waals surface area contributed by atoms with Gasteiger partial charge in [0.1, 0.15) is 11.5 Å². The number of aliphatic hydroxyl groups is 1. The lowest BCUT2D eigenvalue weighted by Crippen LogP contribution is -2.19. The highest BCUT2D eigenvalue weighted by atomic mass is 16.5. The minimum Gasteiger partial charge on any atom is -0.507 e. The summed E-state index contributed by atoms with van der Waals surface area (Å²) >= 11 is 0. The van der Waals surface area contributed by atoms with Crippen LogP contribution in [0.1, 0.15) is 64.5 Å². The fraction of sp³-hybridized carbons (Fsp3) is 0.478. The molecule has 0 aromatic heterocycles. The molecular weight excluding hydrogens is 324 g/mol. The normalized spacial score (nSPS) is 14.3. The minimum absolute atomic E-state index is 0.186. The Morgan fingerprint density at radius 3 is 2.46 bits per heavy atom. The van der Waals surface area contributed by atoms with Crippen LogP contribution < -0.4 is 4.74 Å². The number of methoxy groups -OCH3 is 1. The Labute approximate surface area is 158 Å². The van der Waals surface area contributed by atoms with Crippen molar-refractivity contribution < 1.29 is 14.9 Å². The first-order chi connectivity index (χ1) is 12.1. The third-order valence-corrected chi connectivity index (χ3v) is 4.40. The smallest absolute Gasteiger partial charge is 0.123 e. The van der Waals surface area contributed by atoms with Gasteiger partial charge in [-0.05, 0) is 78.0 Å². The Morgan fingerprint density at radius 1 is 1.15 bits per heavy atom. The van der Waals surface area contributed by atoms with Gasteiger partial charge in [-0.3, -0.25) is 0 Å². The van der Waals surface area contributed by atoms with Gasteiger partial charge in [0.15, 0.2) is 0 Å². The maximum Gasteiger partial charge on any atom is 0.123 e. The molecule has 1 unspecified atom stereocenters. The average Bonchev–Trinajstić information content (AvgIpc) is 2.53. The zero-order valence-corrected chi connectivity index (χ0v) is 17.1. The number of hydrogen-bond donors (Lipinski definition) is 2. The predicted octanol–water partition coefficient (Wildman–Crippen LogP) is 5.95. The van der Waals surface area contributed by atoms with Crippen LogP contribution in [0.3, 0.4) is 0 Å². The fourth-order valence-corrected chi connectivity index (χ4v) is 2.70. The highest BCUT2D eigenvalue weighted by Gasteiger charge is 2.15. The summed E-state index contributed by atoms with van der Waals surface area (Å²) in [5.74, 6) is 0.905. The lowest BCUT2D eigenvalue weighted by molar-refractivity contribution is 0.104. The van der Waals surface area contributed by atoms with Crippen molar-refractivity contribution in [3.8, 4) is 11.5 Å². The Bertz CT molecular complexity index is 675. The number of ether oxygens (including phenoxy) is 1. The lowest BCUT2D eigenvalue weighted by Gasteiger charge is -2.18. The lowest BCUT2D eigenvalue weighted by atomic mass is 9.97. The maximum atomic E-state index is 10.6. The van der Waals surface area contributed by atoms with Gasteiger partial charge in [-0.25, -0.2) is 0 Å². The molecule has 1 atom stereocenters. The molecule has 0 heterocycles. The summed E-state index contributed by atoms with van der Waals surface area (Å²) in [5.41, 5.74) is 3.29. The molecular formula is C23H34O3. The van der Waals surface area contributed by atoms with Crippen LogP contribution in [0.5, 0.6) is 11.5 Å². The van der Waals surface area contributed by atoms with E-state index in [1.165, 1.54) is 11.1 Å². The van der Waals surface area contributed by atoms with Crippen molar-refractivity contribution in [1.82, 2.24) is 0 Å². The highest BCUT2D eigenvalue weighted by Crippen LogP contribution is 2.29. The van der Waals surface area contributed by atoms with Crippen LogP contribution in [0.4, 0.5) is 0 Å². The van der Waals surface area contributed by atoms with Crippen LogP contribution in [-0.4, -0.2) is 22.9 Å². The molecule has 0 bridgehead atoms. The molecule has 0 aliphatic rings. The molecule has 2 N–H and O–H groups in total. The number of aryl methyl sites for hydroxylation is 1. The number of hydrogen-bond acceptors (Lipinski definition) is 3. The number of allylic oxidation sites excluding steroid dienone is 4. The van der Waals surface area contributed by atoms with E-state index in [9.17, 15) is 10.2 Å². The molecule has 3 nitrogen and oxygen atoms in total. The van der Waals surface area contributed by atoms with Gasteiger partial charge in [-0.2, -0.15) is 0 Å². The summed E-state index contributed by atoms with van der Waals surface area (Å²) in [6.45, 7) is 10.0. The van der Waals surface area contributed by atoms with Gasteiger partial charge in [-0.15, -0.1) is 0 Å². The molecule has 0 saturated heterocycles. The molecule has 0 fully saturated rings. The van der Waals surface area contributed by atoms with Crippen molar-refractivity contribution >= 4 is 6.08 Å². The van der Waals surface area contributed by atoms with Crippen LogP contribution >= 0.6 is 0 Å². The number of phenolic OH excluding ortho intramolecular Hbond substituents is 1. The summed E-state index contributed by atoms with van der Waals surface area (Å²) in [7, 11) is 1.61. The first kappa shape index (κ1) is 22.0. The third-order valence-electron chi connectivity index (χ3n) is 4.40. The first-order valence-electron chi connectivity index (χ1n) is 9.23. The van der Waals surface area contributed by atoms with Gasteiger partial charge in [0.2, 0.25) is 0 Å². The molecule has 0 spiro atoms. The molecule has 3 heteroatoms. The van der Waals surface area contributed by atoms with E-state index in [1.54, 1.807) is 38.3 Å². The first-order valence-corrected chi connectivity index (χ1v) is 9.23. The molecule has 0 saturated carbocycles. The molecule has 1 aromatic carbocycles. The molecule has 26 heavy (non-hydrogen) atoms. The van der Waals surface area contributed by atoms with E-state index in [0.717, 1.165) is 30.6 Å². The van der Waals surface area contributed by atoms with Crippen molar-refractivity contribution in [2.45, 2.75) is 65.9 Å². The van der Waals surface area contributed by atoms with Crippen LogP contribution in [0.15, 0.2) is 41.5 Å². The molecule has 0 radical (unpaired) electrons. The Balaban J connectivity index is 2.66. The largest absolute Gasteiger partial charge is 0.507 e. The molecule has 0 aliphatic heterocycles. The summed E-state index contributed by atoms with van der Waals surface area (Å²) in [6, 6.07) is 3.45. The number of rotatable bonds is 9. The average molecular weight is 359 g/mol. The Morgan fingerprint density at radius 2 is 1.85 bits per heavy atom. The molecule has 0 amide bonds. The third kappa shape index (κ3) is 7.92. The van der Waals surface area contributed by atoms with Crippen molar-refractivity contribution in [3.63, 3.8) is 0 Å². The summed E-state index contributed by atoms with van der Waals surface area (Å²) in [4.78, 5) is 0. The predicted molar refractivity (Wildman–Crippen MR) is 111 cm³/mol. The van der Waals surface area contributed by atoms with Gasteiger partial charge < -0.3 is 14.9 Å². The number of phenols is 1. The van der Waals surface area contributed by atoms with Gasteiger partial charge in [0.05, 0.1) is 12.7 Å². The fourth-order valence-electron chi connectivity index (χ4n) is 2.70. The second-order valence-electron chi connectivity index (χ2n) is 7.48. The van der Waals surface area contributed by atoms with E-state index < -0.39 is 5.60 Å². The quantitative estimate of drug-likeness (QED) is 0.537. The van der Waals surface area contributed by atoms with Gasteiger partial charge in [0, 0.05) is 5.56 Å². The van der Waals surface area contributed by atoms with E-state index in [-0.39, 0.29) is 5.75 Å². The van der Waals surface area contributed by atoms with Crippen LogP contribution in [0.2, 0.25) is 0 Å². The van der Waals surface area contributed by atoms with E-state index in [4.69, 9.17) is 4.74 Å². The zero-order valence-electron chi connectivity index (χ0n) is 17.1. The molecule has 0 aliphatic carbocycles. The van der Waals surface area contributed by atoms with Crippen molar-refractivity contribution in [3.05, 3.63) is 52.6 Å². The molecule has 144 valence electrons. The molecule has 1 aromatic rings. The molecule has 1 rings (SSSR count). The zero-order chi connectivity index (χ0) is 19.7. The SMILES string of the molecule is COc1cc(/C=C\C(C)(O)CC/C=C(\C)CCC=C(C)C)c(O)cc1C. The Hall–Kier alpha value is -2.00. The van der Waals surface area contributed by atoms with Crippen LogP contribution in [0.25, 0.3) is 6.08 Å². The summed E-state index contributed by atoms with van der Waals surface area (Å²) in [6.07, 6.45) is 11.5. The van der Waals surface area contributed by atoms with E-state index in [0.29, 0.717) is 12.0 Å². The number of aromatic hydroxyl groups is 1. The van der Waals surface area contributed by atoms with Gasteiger partial charge in [0.25, 0.3) is 0 Å². The van der Waals surface area contributed by atoms with Crippen molar-refractivity contribution in [1.29, 1.82) is 0 Å². The van der Waals surface area contributed by atoms with Gasteiger partial charge in [-0.1, -0.05) is 35.5 Å². The highest BCUT2D eigenvalue weighted by molar-refractivity contribution is 5.61. The van der Waals surface area contributed by atoms with E-state index in [2.05, 4.69) is 32.9 Å². The van der Waals surface area contributed by atoms with Gasteiger partial charge >= 0.3 is 0 Å². The number of benzene rings is 1. The summed E-state index contributed by atoms with van der Waals surface area (Å²) < 4.78 is 5.29.